The number of hydrogen-bond donors (Lipinski definition) is 3. The number of rotatable bonds is 23. The van der Waals surface area contributed by atoms with Crippen LogP contribution >= 0.6 is 0 Å². The lowest BCUT2D eigenvalue weighted by Crippen LogP contribution is -2.31. The second-order valence-electron chi connectivity index (χ2n) is 9.67. The van der Waals surface area contributed by atoms with Crippen LogP contribution in [0.5, 0.6) is 0 Å². The normalized spacial score (nSPS) is 12.5. The van der Waals surface area contributed by atoms with Crippen molar-refractivity contribution in [2.45, 2.75) is 103 Å². The molecule has 0 fully saturated rings. The van der Waals surface area contributed by atoms with Gasteiger partial charge in [0.05, 0.1) is 57.8 Å². The van der Waals surface area contributed by atoms with E-state index in [0.717, 1.165) is 0 Å². The van der Waals surface area contributed by atoms with E-state index in [9.17, 15) is 43.2 Å². The standard InChI is InChI=1S/C27H38O18/c1-15(10-19(28)29)42-24(36)6-4-22(34)40-13-18(45-27(39)9-8-26(38)44-17(3)12-21(32)33)14-41-23(35)5-7-25(37)43-16(2)11-20(30)31/h15-18H,4-14H2,1-3H3,(H,28,29)(H,30,31)(H,32,33)/t15-,16-,17-/m1/s1. The Bertz CT molecular complexity index is 1010. The number of aliphatic carboxylic acids is 3. The minimum atomic E-state index is -1.39. The molecule has 18 nitrogen and oxygen atoms in total. The second-order valence-corrected chi connectivity index (χ2v) is 9.67. The smallest absolute Gasteiger partial charge is 0.307 e. The molecule has 0 unspecified atom stereocenters. The van der Waals surface area contributed by atoms with Crippen LogP contribution < -0.4 is 0 Å². The van der Waals surface area contributed by atoms with Gasteiger partial charge in [0.2, 0.25) is 0 Å². The Hall–Kier alpha value is -4.77. The minimum Gasteiger partial charge on any atom is -0.481 e. The molecule has 0 aliphatic rings. The third-order valence-electron chi connectivity index (χ3n) is 5.14. The first-order valence-electron chi connectivity index (χ1n) is 13.7. The van der Waals surface area contributed by atoms with Gasteiger partial charge in [-0.05, 0) is 20.8 Å². The summed E-state index contributed by atoms with van der Waals surface area (Å²) in [7, 11) is 0. The van der Waals surface area contributed by atoms with Crippen molar-refractivity contribution in [3.63, 3.8) is 0 Å². The van der Waals surface area contributed by atoms with E-state index in [1.807, 2.05) is 0 Å². The molecule has 0 aliphatic heterocycles. The summed E-state index contributed by atoms with van der Waals surface area (Å²) in [6, 6.07) is 0. The zero-order chi connectivity index (χ0) is 34.5. The molecule has 254 valence electrons. The Morgan fingerprint density at radius 1 is 0.422 bits per heavy atom. The number of carbonyl (C=O) groups is 9. The highest BCUT2D eigenvalue weighted by Gasteiger charge is 2.23. The third-order valence-corrected chi connectivity index (χ3v) is 5.14. The van der Waals surface area contributed by atoms with Gasteiger partial charge in [-0.3, -0.25) is 43.2 Å². The highest BCUT2D eigenvalue weighted by atomic mass is 16.6. The molecule has 0 aromatic rings. The average molecular weight is 651 g/mol. The predicted molar refractivity (Wildman–Crippen MR) is 143 cm³/mol. The van der Waals surface area contributed by atoms with Crippen molar-refractivity contribution in [2.75, 3.05) is 13.2 Å². The van der Waals surface area contributed by atoms with Crippen molar-refractivity contribution in [3.8, 4) is 0 Å². The Balaban J connectivity index is 4.97. The molecule has 0 heterocycles. The highest BCUT2D eigenvalue weighted by Crippen LogP contribution is 2.08. The summed E-state index contributed by atoms with van der Waals surface area (Å²) in [4.78, 5) is 104. The molecule has 0 saturated carbocycles. The Labute approximate surface area is 257 Å². The van der Waals surface area contributed by atoms with E-state index in [0.29, 0.717) is 0 Å². The van der Waals surface area contributed by atoms with Gasteiger partial charge in [-0.25, -0.2) is 0 Å². The molecular weight excluding hydrogens is 612 g/mol. The molecule has 0 radical (unpaired) electrons. The first-order valence-corrected chi connectivity index (χ1v) is 13.7. The Morgan fingerprint density at radius 3 is 0.933 bits per heavy atom. The van der Waals surface area contributed by atoms with Crippen LogP contribution in [0.3, 0.4) is 0 Å². The number of carboxylic acids is 3. The van der Waals surface area contributed by atoms with E-state index in [-0.39, 0.29) is 0 Å². The van der Waals surface area contributed by atoms with Gasteiger partial charge in [-0.15, -0.1) is 0 Å². The number of hydrogen-bond acceptors (Lipinski definition) is 15. The zero-order valence-electron chi connectivity index (χ0n) is 25.1. The van der Waals surface area contributed by atoms with Crippen LogP contribution in [-0.2, 0) is 71.6 Å². The topological polar surface area (TPSA) is 270 Å². The summed E-state index contributed by atoms with van der Waals surface area (Å²) in [5.41, 5.74) is 0. The fourth-order valence-corrected chi connectivity index (χ4v) is 3.20. The summed E-state index contributed by atoms with van der Waals surface area (Å²) >= 11 is 0. The van der Waals surface area contributed by atoms with Crippen molar-refractivity contribution in [3.05, 3.63) is 0 Å². The van der Waals surface area contributed by atoms with Crippen LogP contribution in [0.15, 0.2) is 0 Å². The Kier molecular flexibility index (Phi) is 19.5. The largest absolute Gasteiger partial charge is 0.481 e. The van der Waals surface area contributed by atoms with Crippen molar-refractivity contribution in [1.82, 2.24) is 0 Å². The van der Waals surface area contributed by atoms with E-state index in [4.69, 9.17) is 43.7 Å². The quantitative estimate of drug-likeness (QED) is 0.101. The SMILES string of the molecule is C[C@H](CC(=O)O)OC(=O)CCC(=O)OCC(COC(=O)CCC(=O)O[C@H](C)CC(=O)O)OC(=O)CCC(=O)O[C@H](C)CC(=O)O. The van der Waals surface area contributed by atoms with Gasteiger partial charge in [0.25, 0.3) is 0 Å². The summed E-state index contributed by atoms with van der Waals surface area (Å²) in [6.45, 7) is 2.73. The van der Waals surface area contributed by atoms with Crippen molar-refractivity contribution < 1.29 is 86.9 Å². The molecule has 0 bridgehead atoms. The number of carbonyl (C=O) groups excluding carboxylic acids is 6. The molecule has 0 aliphatic carbocycles. The third kappa shape index (κ3) is 23.4. The van der Waals surface area contributed by atoms with Crippen molar-refractivity contribution in [1.29, 1.82) is 0 Å². The first-order chi connectivity index (χ1) is 21.0. The number of ether oxygens (including phenoxy) is 6. The predicted octanol–water partition coefficient (Wildman–Crippen LogP) is 0.544. The molecule has 45 heavy (non-hydrogen) atoms. The fourth-order valence-electron chi connectivity index (χ4n) is 3.20. The van der Waals surface area contributed by atoms with E-state index in [1.165, 1.54) is 20.8 Å². The summed E-state index contributed by atoms with van der Waals surface area (Å²) in [5.74, 6) is -9.08. The van der Waals surface area contributed by atoms with Gasteiger partial charge in [0, 0.05) is 0 Å². The van der Waals surface area contributed by atoms with Gasteiger partial charge in [0.15, 0.2) is 6.10 Å². The molecular formula is C27H38O18. The van der Waals surface area contributed by atoms with Crippen LogP contribution in [0.25, 0.3) is 0 Å². The van der Waals surface area contributed by atoms with Gasteiger partial charge >= 0.3 is 53.7 Å². The summed E-state index contributed by atoms with van der Waals surface area (Å²) < 4.78 is 29.6. The van der Waals surface area contributed by atoms with Gasteiger partial charge in [-0.2, -0.15) is 0 Å². The fraction of sp³-hybridized carbons (Fsp3) is 0.667. The van der Waals surface area contributed by atoms with Crippen LogP contribution in [-0.4, -0.2) is 107 Å². The average Bonchev–Trinajstić information content (AvgIpc) is 2.89. The molecule has 0 amide bonds. The van der Waals surface area contributed by atoms with Crippen LogP contribution in [0.4, 0.5) is 0 Å². The minimum absolute atomic E-state index is 0.438. The van der Waals surface area contributed by atoms with Crippen molar-refractivity contribution in [2.24, 2.45) is 0 Å². The number of esters is 6. The zero-order valence-corrected chi connectivity index (χ0v) is 25.1. The monoisotopic (exact) mass is 650 g/mol. The maximum Gasteiger partial charge on any atom is 0.307 e. The lowest BCUT2D eigenvalue weighted by molar-refractivity contribution is -0.169. The first kappa shape index (κ1) is 40.2. The molecule has 0 aromatic heterocycles. The maximum atomic E-state index is 12.3. The molecule has 0 aromatic carbocycles. The molecule has 18 heteroatoms. The number of carboxylic acid groups (broad SMARTS) is 3. The van der Waals surface area contributed by atoms with E-state index in [1.54, 1.807) is 0 Å². The molecule has 0 rings (SSSR count). The van der Waals surface area contributed by atoms with Gasteiger partial charge in [0.1, 0.15) is 31.5 Å². The molecule has 0 saturated heterocycles. The lowest BCUT2D eigenvalue weighted by atomic mass is 10.2. The summed E-state index contributed by atoms with van der Waals surface area (Å²) in [6.07, 6.45) is -8.43. The Morgan fingerprint density at radius 2 is 0.667 bits per heavy atom. The van der Waals surface area contributed by atoms with E-state index in [2.05, 4.69) is 0 Å². The molecule has 3 N–H and O–H groups in total. The van der Waals surface area contributed by atoms with Crippen LogP contribution in [0, 0.1) is 0 Å². The highest BCUT2D eigenvalue weighted by molar-refractivity contribution is 5.80. The second kappa shape index (κ2) is 21.8. The van der Waals surface area contributed by atoms with Crippen LogP contribution in [0.2, 0.25) is 0 Å². The summed E-state index contributed by atoms with van der Waals surface area (Å²) in [5, 5.41) is 26.1. The van der Waals surface area contributed by atoms with E-state index >= 15 is 0 Å². The van der Waals surface area contributed by atoms with Gasteiger partial charge < -0.3 is 43.7 Å². The maximum absolute atomic E-state index is 12.3. The van der Waals surface area contributed by atoms with Crippen LogP contribution in [0.1, 0.15) is 78.6 Å². The molecule has 3 atom stereocenters. The molecule has 0 spiro atoms. The van der Waals surface area contributed by atoms with Gasteiger partial charge in [-0.1, -0.05) is 0 Å². The van der Waals surface area contributed by atoms with E-state index < -0.39 is 149 Å². The van der Waals surface area contributed by atoms with Crippen molar-refractivity contribution >= 4 is 53.7 Å². The lowest BCUT2D eigenvalue weighted by Gasteiger charge is -2.18.